The van der Waals surface area contributed by atoms with Gasteiger partial charge < -0.3 is 29.4 Å². The second-order valence-electron chi connectivity index (χ2n) is 11.5. The molecule has 1 radical (unpaired) electrons. The average Bonchev–Trinajstić information content (AvgIpc) is 3.44. The van der Waals surface area contributed by atoms with E-state index in [1.807, 2.05) is 59.7 Å². The topological polar surface area (TPSA) is 91.6 Å². The molecule has 0 saturated carbocycles. The number of benzene rings is 2. The molecule has 0 aliphatic carbocycles. The minimum Gasteiger partial charge on any atom is -0.368 e. The third-order valence-electron chi connectivity index (χ3n) is 8.31. The molecule has 4 aromatic rings. The first-order valence-electron chi connectivity index (χ1n) is 14.9. The average molecular weight is 672 g/mol. The van der Waals surface area contributed by atoms with Crippen LogP contribution < -0.4 is 10.6 Å². The van der Waals surface area contributed by atoms with E-state index in [0.29, 0.717) is 55.1 Å². The van der Waals surface area contributed by atoms with Crippen LogP contribution in [0.5, 0.6) is 0 Å². The van der Waals surface area contributed by atoms with Crippen LogP contribution in [0.2, 0.25) is 0 Å². The van der Waals surface area contributed by atoms with Gasteiger partial charge in [-0.1, -0.05) is 26.0 Å². The summed E-state index contributed by atoms with van der Waals surface area (Å²) >= 11 is 0. The van der Waals surface area contributed by atoms with Gasteiger partial charge in [-0.2, -0.15) is 0 Å². The van der Waals surface area contributed by atoms with E-state index < -0.39 is 0 Å². The van der Waals surface area contributed by atoms with Crippen molar-refractivity contribution in [2.75, 3.05) is 25.0 Å². The molecule has 229 valence electrons. The summed E-state index contributed by atoms with van der Waals surface area (Å²) in [6.07, 6.45) is 7.34. The smallest absolute Gasteiger partial charge is 0.254 e. The van der Waals surface area contributed by atoms with Gasteiger partial charge in [-0.05, 0) is 74.0 Å². The van der Waals surface area contributed by atoms with Crippen LogP contribution in [0.15, 0.2) is 55.0 Å². The van der Waals surface area contributed by atoms with Crippen LogP contribution in [0.25, 0.3) is 16.9 Å². The molecule has 3 heterocycles. The zero-order chi connectivity index (χ0) is 30.7. The summed E-state index contributed by atoms with van der Waals surface area (Å²) in [5, 5.41) is 6.23. The Morgan fingerprint density at radius 3 is 2.52 bits per heavy atom. The van der Waals surface area contributed by atoms with Crippen LogP contribution in [-0.2, 0) is 37.5 Å². The van der Waals surface area contributed by atoms with Crippen molar-refractivity contribution in [1.29, 1.82) is 0 Å². The number of carbonyl (C=O) groups excluding carboxylic acids is 2. The van der Waals surface area contributed by atoms with Gasteiger partial charge in [0.15, 0.2) is 11.5 Å². The molecule has 5 rings (SSSR count). The molecule has 0 spiro atoms. The summed E-state index contributed by atoms with van der Waals surface area (Å²) < 4.78 is 16.8. The number of fused-ring (bicyclic) bond motifs is 1. The maximum atomic E-state index is 14.9. The first-order chi connectivity index (χ1) is 20.7. The van der Waals surface area contributed by atoms with Crippen molar-refractivity contribution in [2.24, 2.45) is 11.8 Å². The maximum Gasteiger partial charge on any atom is 0.254 e. The van der Waals surface area contributed by atoms with E-state index >= 15 is 0 Å². The standard InChI is InChI=1S/C34H39FN6O2.Y/c1-6-22(4)27-9-7-25(18-29(27)35)30-20-37-32-31(36-13-16-41(30)32)39-26-8-10-28(23(5)17-26)34(43)40-14-11-24(12-15-40)33(42)38-19-21(2)3;/h7-10,13,16-18,20-22,24H,2-3,6,11-12,14-15,19H2,1,4-5H3,(H,36,39)(H,38,42);/q-2;. The summed E-state index contributed by atoms with van der Waals surface area (Å²) in [6, 6.07) is 10.9. The largest absolute Gasteiger partial charge is 0.368 e. The van der Waals surface area contributed by atoms with Crippen molar-refractivity contribution in [1.82, 2.24) is 24.6 Å². The third-order valence-corrected chi connectivity index (χ3v) is 8.31. The third kappa shape index (κ3) is 7.37. The van der Waals surface area contributed by atoms with Gasteiger partial charge in [0.1, 0.15) is 5.82 Å². The van der Waals surface area contributed by atoms with E-state index in [2.05, 4.69) is 41.4 Å². The van der Waals surface area contributed by atoms with Crippen molar-refractivity contribution in [3.63, 3.8) is 0 Å². The Morgan fingerprint density at radius 1 is 1.11 bits per heavy atom. The predicted octanol–water partition coefficient (Wildman–Crippen LogP) is 6.35. The molecule has 44 heavy (non-hydrogen) atoms. The Hall–Kier alpha value is -3.17. The number of amides is 2. The fraction of sp³-hybridized carbons (Fsp3) is 0.353. The number of hydrogen-bond donors (Lipinski definition) is 2. The number of likely N-dealkylation sites (tertiary alicyclic amines) is 1. The first kappa shape index (κ1) is 33.7. The number of nitrogens with zero attached hydrogens (tertiary/aromatic N) is 4. The fourth-order valence-electron chi connectivity index (χ4n) is 5.55. The molecular formula is C34H39FN6O2Y-2. The van der Waals surface area contributed by atoms with E-state index in [1.165, 1.54) is 0 Å². The number of aryl methyl sites for hydroxylation is 1. The molecule has 2 aromatic heterocycles. The maximum absolute atomic E-state index is 14.9. The molecule has 1 aliphatic heterocycles. The first-order valence-corrected chi connectivity index (χ1v) is 14.9. The number of anilines is 2. The summed E-state index contributed by atoms with van der Waals surface area (Å²) in [7, 11) is 0. The number of aromatic nitrogens is 3. The fourth-order valence-corrected chi connectivity index (χ4v) is 5.55. The number of hydrogen-bond acceptors (Lipinski definition) is 5. The minimum absolute atomic E-state index is 0. The molecule has 0 bridgehead atoms. The Balaban J connectivity index is 0.00000442. The summed E-state index contributed by atoms with van der Waals surface area (Å²) in [5.74, 6) is 0.267. The van der Waals surface area contributed by atoms with Gasteiger partial charge in [-0.15, -0.1) is 0 Å². The zero-order valence-electron chi connectivity index (χ0n) is 25.6. The van der Waals surface area contributed by atoms with Gasteiger partial charge in [-0.25, -0.2) is 14.4 Å². The van der Waals surface area contributed by atoms with Crippen LogP contribution in [0.3, 0.4) is 0 Å². The van der Waals surface area contributed by atoms with Crippen LogP contribution in [0.1, 0.15) is 60.5 Å². The summed E-state index contributed by atoms with van der Waals surface area (Å²) in [5.41, 5.74) is 5.06. The van der Waals surface area contributed by atoms with Gasteiger partial charge in [0.25, 0.3) is 5.91 Å². The van der Waals surface area contributed by atoms with Crippen molar-refractivity contribution < 1.29 is 46.7 Å². The zero-order valence-corrected chi connectivity index (χ0v) is 28.5. The monoisotopic (exact) mass is 671 g/mol. The van der Waals surface area contributed by atoms with Crippen LogP contribution in [-0.4, -0.2) is 50.7 Å². The van der Waals surface area contributed by atoms with Gasteiger partial charge in [0, 0.05) is 80.9 Å². The van der Waals surface area contributed by atoms with Gasteiger partial charge in [-0.3, -0.25) is 19.9 Å². The van der Waals surface area contributed by atoms with Crippen LogP contribution >= 0.6 is 0 Å². The quantitative estimate of drug-likeness (QED) is 0.203. The number of piperidine rings is 1. The van der Waals surface area contributed by atoms with Gasteiger partial charge in [0.05, 0.1) is 11.9 Å². The number of imidazole rings is 1. The van der Waals surface area contributed by atoms with Crippen molar-refractivity contribution in [3.05, 3.63) is 91.3 Å². The van der Waals surface area contributed by atoms with Gasteiger partial charge >= 0.3 is 0 Å². The molecule has 1 aliphatic rings. The molecule has 2 N–H and O–H groups in total. The number of carbonyl (C=O) groups is 2. The number of halogens is 1. The molecule has 2 amide bonds. The van der Waals surface area contributed by atoms with E-state index in [4.69, 9.17) is 0 Å². The van der Waals surface area contributed by atoms with Crippen molar-refractivity contribution >= 4 is 29.0 Å². The Kier molecular flexibility index (Phi) is 11.3. The molecule has 8 nitrogen and oxygen atoms in total. The second kappa shape index (κ2) is 14.7. The second-order valence-corrected chi connectivity index (χ2v) is 11.5. The van der Waals surface area contributed by atoms with Crippen LogP contribution in [0, 0.1) is 38.4 Å². The number of nitrogens with one attached hydrogen (secondary N) is 2. The van der Waals surface area contributed by atoms with E-state index in [1.54, 1.807) is 18.5 Å². The molecule has 10 heteroatoms. The van der Waals surface area contributed by atoms with Crippen molar-refractivity contribution in [3.8, 4) is 11.3 Å². The molecular weight excluding hydrogens is 632 g/mol. The Labute approximate surface area is 284 Å². The summed E-state index contributed by atoms with van der Waals surface area (Å²) in [6.45, 7) is 15.1. The van der Waals surface area contributed by atoms with Gasteiger partial charge in [0.2, 0.25) is 5.91 Å². The molecule has 1 saturated heterocycles. The SMILES string of the molecule is [CH2-]C([CH2-])CNC(=O)C1CCN(C(=O)c2ccc(Nc3nccn4c(-c5ccc(C(C)CC)c(F)c5)cnc34)cc2C)CC1.[Y]. The minimum atomic E-state index is -0.216. The van der Waals surface area contributed by atoms with E-state index in [-0.39, 0.29) is 68.1 Å². The predicted molar refractivity (Wildman–Crippen MR) is 167 cm³/mol. The Bertz CT molecular complexity index is 1630. The molecule has 1 fully saturated rings. The van der Waals surface area contributed by atoms with Crippen molar-refractivity contribution in [2.45, 2.75) is 46.0 Å². The van der Waals surface area contributed by atoms with E-state index in [9.17, 15) is 14.0 Å². The number of rotatable bonds is 9. The van der Waals surface area contributed by atoms with E-state index in [0.717, 1.165) is 28.9 Å². The molecule has 1 unspecified atom stereocenters. The molecule has 1 atom stereocenters. The normalized spacial score (nSPS) is 14.4. The molecule has 2 aromatic carbocycles. The Morgan fingerprint density at radius 2 is 1.86 bits per heavy atom. The summed E-state index contributed by atoms with van der Waals surface area (Å²) in [4.78, 5) is 36.6. The van der Waals surface area contributed by atoms with Crippen LogP contribution in [0.4, 0.5) is 15.9 Å².